The summed E-state index contributed by atoms with van der Waals surface area (Å²) in [6, 6.07) is 19.9. The Bertz CT molecular complexity index is 1120. The van der Waals surface area contributed by atoms with E-state index in [1.165, 1.54) is 23.0 Å². The van der Waals surface area contributed by atoms with Gasteiger partial charge in [0.1, 0.15) is 0 Å². The molecule has 2 aromatic carbocycles. The quantitative estimate of drug-likeness (QED) is 0.659. The second kappa shape index (κ2) is 6.18. The maximum absolute atomic E-state index is 12.1. The van der Waals surface area contributed by atoms with E-state index >= 15 is 0 Å². The summed E-state index contributed by atoms with van der Waals surface area (Å²) in [6.45, 7) is 1.92. The van der Waals surface area contributed by atoms with E-state index in [2.05, 4.69) is 57.7 Å². The molecule has 0 radical (unpaired) electrons. The van der Waals surface area contributed by atoms with Gasteiger partial charge in [-0.1, -0.05) is 36.4 Å². The number of pyridine rings is 1. The van der Waals surface area contributed by atoms with Gasteiger partial charge >= 0.3 is 0 Å². The van der Waals surface area contributed by atoms with E-state index < -0.39 is 0 Å². The topological polar surface area (TPSA) is 45.2 Å². The molecule has 4 aliphatic rings. The standard InChI is InChI=1S/C25H23N3O/c29-22(10-7-17-4-3-12-26-15-17)27-13-11-25-21-16-28(24(25)23(21)25)20-9-8-18-5-1-2-6-19(18)14-20/h1-10,12,14-15,21,23-24H,11,13,16H2,(H,27,29)/b10-7+/t21-,23-,24?,25+/m1/s1. The zero-order valence-electron chi connectivity index (χ0n) is 16.2. The number of rotatable bonds is 6. The summed E-state index contributed by atoms with van der Waals surface area (Å²) >= 11 is 0. The van der Waals surface area contributed by atoms with Gasteiger partial charge in [-0.05, 0) is 58.9 Å². The van der Waals surface area contributed by atoms with Gasteiger partial charge in [0.15, 0.2) is 0 Å². The number of hydrogen-bond donors (Lipinski definition) is 1. The van der Waals surface area contributed by atoms with E-state index in [9.17, 15) is 4.79 Å². The van der Waals surface area contributed by atoms with Gasteiger partial charge < -0.3 is 10.2 Å². The fourth-order valence-electron chi connectivity index (χ4n) is 5.68. The lowest BCUT2D eigenvalue weighted by atomic mass is 10.0. The number of hydrogen-bond acceptors (Lipinski definition) is 3. The third-order valence-electron chi connectivity index (χ3n) is 7.18. The van der Waals surface area contributed by atoms with Crippen molar-refractivity contribution < 1.29 is 4.79 Å². The highest BCUT2D eigenvalue weighted by Crippen LogP contribution is 2.87. The van der Waals surface area contributed by atoms with Gasteiger partial charge in [0.25, 0.3) is 0 Å². The molecule has 1 aromatic heterocycles. The average molecular weight is 381 g/mol. The summed E-state index contributed by atoms with van der Waals surface area (Å²) in [5.41, 5.74) is 2.75. The van der Waals surface area contributed by atoms with Crippen molar-refractivity contribution in [2.45, 2.75) is 12.5 Å². The molecule has 2 saturated carbocycles. The molecule has 7 rings (SSSR count). The number of piperidine rings is 1. The molecule has 4 nitrogen and oxygen atoms in total. The maximum Gasteiger partial charge on any atom is 0.244 e. The van der Waals surface area contributed by atoms with Crippen molar-refractivity contribution in [3.63, 3.8) is 0 Å². The molecule has 3 aromatic rings. The van der Waals surface area contributed by atoms with Crippen LogP contribution in [-0.4, -0.2) is 30.0 Å². The molecule has 1 amide bonds. The van der Waals surface area contributed by atoms with Crippen LogP contribution in [-0.2, 0) is 4.79 Å². The van der Waals surface area contributed by atoms with Crippen LogP contribution in [0.25, 0.3) is 16.8 Å². The fourth-order valence-corrected chi connectivity index (χ4v) is 5.68. The normalized spacial score (nSPS) is 28.6. The van der Waals surface area contributed by atoms with Gasteiger partial charge in [-0.15, -0.1) is 0 Å². The number of aromatic nitrogens is 1. The number of benzene rings is 2. The number of nitrogens with one attached hydrogen (secondary N) is 1. The van der Waals surface area contributed by atoms with Crippen LogP contribution in [0.15, 0.2) is 73.1 Å². The molecule has 29 heavy (non-hydrogen) atoms. The molecular formula is C25H23N3O. The van der Waals surface area contributed by atoms with E-state index in [0.29, 0.717) is 11.5 Å². The summed E-state index contributed by atoms with van der Waals surface area (Å²) in [4.78, 5) is 18.8. The minimum Gasteiger partial charge on any atom is -0.367 e. The lowest BCUT2D eigenvalue weighted by Crippen LogP contribution is -2.26. The van der Waals surface area contributed by atoms with Crippen molar-refractivity contribution in [3.05, 3.63) is 78.6 Å². The Kier molecular flexibility index (Phi) is 3.58. The van der Waals surface area contributed by atoms with Crippen molar-refractivity contribution >= 4 is 28.4 Å². The highest BCUT2D eigenvalue weighted by atomic mass is 16.1. The number of carbonyl (C=O) groups is 1. The molecule has 4 fully saturated rings. The molecule has 1 unspecified atom stereocenters. The lowest BCUT2D eigenvalue weighted by Gasteiger charge is -2.20. The minimum absolute atomic E-state index is 0.0261. The first-order chi connectivity index (χ1) is 14.3. The highest BCUT2D eigenvalue weighted by Gasteiger charge is 2.91. The predicted octanol–water partition coefficient (Wildman–Crippen LogP) is 3.89. The third kappa shape index (κ3) is 2.59. The lowest BCUT2D eigenvalue weighted by molar-refractivity contribution is -0.116. The summed E-state index contributed by atoms with van der Waals surface area (Å²) in [5, 5.41) is 5.67. The summed E-state index contributed by atoms with van der Waals surface area (Å²) < 4.78 is 0. The molecule has 2 saturated heterocycles. The second-order valence-electron chi connectivity index (χ2n) is 8.53. The van der Waals surface area contributed by atoms with Crippen LogP contribution in [0.1, 0.15) is 12.0 Å². The number of fused-ring (bicyclic) bond motifs is 2. The first-order valence-corrected chi connectivity index (χ1v) is 10.4. The molecule has 2 bridgehead atoms. The molecule has 2 aliphatic heterocycles. The highest BCUT2D eigenvalue weighted by molar-refractivity contribution is 5.91. The Labute approximate surface area is 170 Å². The average Bonchev–Trinajstić information content (AvgIpc) is 3.46. The maximum atomic E-state index is 12.1. The van der Waals surface area contributed by atoms with Crippen LogP contribution < -0.4 is 10.2 Å². The van der Waals surface area contributed by atoms with Gasteiger partial charge in [0, 0.05) is 48.7 Å². The van der Waals surface area contributed by atoms with E-state index in [4.69, 9.17) is 0 Å². The summed E-state index contributed by atoms with van der Waals surface area (Å²) in [6.07, 6.45) is 7.98. The third-order valence-corrected chi connectivity index (χ3v) is 7.18. The zero-order chi connectivity index (χ0) is 19.4. The van der Waals surface area contributed by atoms with Crippen molar-refractivity contribution in [1.29, 1.82) is 0 Å². The molecule has 4 heteroatoms. The van der Waals surface area contributed by atoms with Crippen molar-refractivity contribution in [3.8, 4) is 0 Å². The van der Waals surface area contributed by atoms with Crippen LogP contribution in [0.4, 0.5) is 5.69 Å². The molecular weight excluding hydrogens is 358 g/mol. The molecule has 4 atom stereocenters. The Hall–Kier alpha value is -3.14. The number of carbonyl (C=O) groups excluding carboxylic acids is 1. The van der Waals surface area contributed by atoms with Gasteiger partial charge in [0.2, 0.25) is 5.91 Å². The van der Waals surface area contributed by atoms with Gasteiger partial charge in [-0.3, -0.25) is 9.78 Å². The van der Waals surface area contributed by atoms with Crippen LogP contribution in [0.5, 0.6) is 0 Å². The largest absolute Gasteiger partial charge is 0.367 e. The SMILES string of the molecule is O=C(/C=C/c1cccnc1)NCC[C@@]12C3[C@H]1[C@H]2CN3c1ccc2ccccc2c1. The number of amides is 1. The summed E-state index contributed by atoms with van der Waals surface area (Å²) in [5.74, 6) is 1.64. The predicted molar refractivity (Wildman–Crippen MR) is 115 cm³/mol. The van der Waals surface area contributed by atoms with Crippen molar-refractivity contribution in [2.24, 2.45) is 17.3 Å². The van der Waals surface area contributed by atoms with Crippen LogP contribution >= 0.6 is 0 Å². The van der Waals surface area contributed by atoms with Gasteiger partial charge in [-0.25, -0.2) is 0 Å². The zero-order valence-corrected chi connectivity index (χ0v) is 16.2. The fraction of sp³-hybridized carbons (Fsp3) is 0.280. The molecule has 0 spiro atoms. The first-order valence-electron chi connectivity index (χ1n) is 10.4. The number of nitrogens with zero attached hydrogens (tertiary/aromatic N) is 2. The molecule has 144 valence electrons. The summed E-state index contributed by atoms with van der Waals surface area (Å²) in [7, 11) is 0. The molecule has 1 N–H and O–H groups in total. The Morgan fingerprint density at radius 2 is 2.07 bits per heavy atom. The van der Waals surface area contributed by atoms with E-state index in [-0.39, 0.29) is 5.91 Å². The van der Waals surface area contributed by atoms with E-state index in [1.54, 1.807) is 18.5 Å². The minimum atomic E-state index is -0.0261. The van der Waals surface area contributed by atoms with Crippen LogP contribution in [0.2, 0.25) is 0 Å². The van der Waals surface area contributed by atoms with Gasteiger partial charge in [-0.2, -0.15) is 0 Å². The molecule has 3 heterocycles. The molecule has 2 aliphatic carbocycles. The second-order valence-corrected chi connectivity index (χ2v) is 8.53. The van der Waals surface area contributed by atoms with Crippen molar-refractivity contribution in [1.82, 2.24) is 10.3 Å². The first kappa shape index (κ1) is 16.8. The monoisotopic (exact) mass is 381 g/mol. The van der Waals surface area contributed by atoms with E-state index in [1.807, 2.05) is 18.2 Å². The Balaban J connectivity index is 1.06. The smallest absolute Gasteiger partial charge is 0.244 e. The Morgan fingerprint density at radius 3 is 2.90 bits per heavy atom. The Morgan fingerprint density at radius 1 is 1.17 bits per heavy atom. The van der Waals surface area contributed by atoms with Gasteiger partial charge in [0.05, 0.1) is 0 Å². The number of anilines is 1. The van der Waals surface area contributed by atoms with Crippen LogP contribution in [0.3, 0.4) is 0 Å². The van der Waals surface area contributed by atoms with E-state index in [0.717, 1.165) is 30.4 Å². The van der Waals surface area contributed by atoms with Crippen molar-refractivity contribution in [2.75, 3.05) is 18.0 Å². The van der Waals surface area contributed by atoms with Crippen LogP contribution in [0, 0.1) is 17.3 Å².